The topological polar surface area (TPSA) is 89.0 Å². The fourth-order valence-corrected chi connectivity index (χ4v) is 4.30. The van der Waals surface area contributed by atoms with Crippen LogP contribution in [0, 0.1) is 0 Å². The number of Topliss-reactive ketones (excluding diaryl/α,β-unsaturated/α-hetero) is 1. The monoisotopic (exact) mass is 462 g/mol. The molecule has 1 amide bonds. The van der Waals surface area contributed by atoms with Crippen LogP contribution in [0.1, 0.15) is 22.7 Å². The van der Waals surface area contributed by atoms with Crippen molar-refractivity contribution in [3.63, 3.8) is 0 Å². The predicted molar refractivity (Wildman–Crippen MR) is 121 cm³/mol. The van der Waals surface area contributed by atoms with Gasteiger partial charge >= 0.3 is 0 Å². The lowest BCUT2D eigenvalue weighted by Gasteiger charge is -2.25. The number of ether oxygens (including phenoxy) is 2. The number of nitrogens with zero attached hydrogens (tertiary/aromatic N) is 2. The molecular formula is C25H19ClN2O5. The van der Waals surface area contributed by atoms with E-state index in [4.69, 9.17) is 21.1 Å². The summed E-state index contributed by atoms with van der Waals surface area (Å²) in [6.45, 7) is 0.992. The molecule has 166 valence electrons. The van der Waals surface area contributed by atoms with Crippen LogP contribution in [0.3, 0.4) is 0 Å². The van der Waals surface area contributed by atoms with Crippen molar-refractivity contribution in [3.05, 3.63) is 94.3 Å². The average molecular weight is 463 g/mol. The van der Waals surface area contributed by atoms with E-state index in [1.54, 1.807) is 67.0 Å². The summed E-state index contributed by atoms with van der Waals surface area (Å²) in [5.74, 6) is -0.720. The van der Waals surface area contributed by atoms with Crippen molar-refractivity contribution in [3.8, 4) is 11.5 Å². The highest BCUT2D eigenvalue weighted by Crippen LogP contribution is 2.42. The second kappa shape index (κ2) is 8.60. The number of hydrogen-bond acceptors (Lipinski definition) is 6. The van der Waals surface area contributed by atoms with E-state index >= 15 is 0 Å². The van der Waals surface area contributed by atoms with Crippen LogP contribution in [-0.2, 0) is 16.1 Å². The smallest absolute Gasteiger partial charge is 0.295 e. The van der Waals surface area contributed by atoms with Crippen molar-refractivity contribution < 1.29 is 24.2 Å². The highest BCUT2D eigenvalue weighted by Gasteiger charge is 2.46. The molecule has 2 aliphatic rings. The van der Waals surface area contributed by atoms with Gasteiger partial charge in [-0.1, -0.05) is 23.7 Å². The number of pyridine rings is 1. The van der Waals surface area contributed by atoms with Gasteiger partial charge in [0.05, 0.1) is 11.6 Å². The molecule has 3 heterocycles. The molecule has 1 aromatic heterocycles. The van der Waals surface area contributed by atoms with E-state index in [-0.39, 0.29) is 17.9 Å². The van der Waals surface area contributed by atoms with Crippen LogP contribution in [0.2, 0.25) is 5.02 Å². The zero-order chi connectivity index (χ0) is 22.9. The third-order valence-electron chi connectivity index (χ3n) is 5.62. The first-order valence-electron chi connectivity index (χ1n) is 10.4. The summed E-state index contributed by atoms with van der Waals surface area (Å²) >= 11 is 6.22. The standard InChI is InChI=1S/C25H19ClN2O5/c26-18-3-1-2-16(12-18)22-21(23(29)17-4-5-19-20(13-17)33-11-10-32-19)24(30)25(31)28(22)14-15-6-8-27-9-7-15/h1-9,12-13,22,29H,10-11,14H2/t22-/m0/s1. The van der Waals surface area contributed by atoms with E-state index in [0.29, 0.717) is 40.9 Å². The first kappa shape index (κ1) is 21.0. The van der Waals surface area contributed by atoms with Crippen molar-refractivity contribution in [2.45, 2.75) is 12.6 Å². The number of benzene rings is 2. The van der Waals surface area contributed by atoms with Crippen molar-refractivity contribution in [1.29, 1.82) is 0 Å². The van der Waals surface area contributed by atoms with Crippen LogP contribution < -0.4 is 9.47 Å². The Labute approximate surface area is 194 Å². The zero-order valence-electron chi connectivity index (χ0n) is 17.4. The quantitative estimate of drug-likeness (QED) is 0.356. The second-order valence-corrected chi connectivity index (χ2v) is 8.13. The van der Waals surface area contributed by atoms with Crippen LogP contribution in [0.25, 0.3) is 5.76 Å². The largest absolute Gasteiger partial charge is 0.507 e. The molecule has 0 spiro atoms. The minimum atomic E-state index is -0.815. The summed E-state index contributed by atoms with van der Waals surface area (Å²) < 4.78 is 11.1. The van der Waals surface area contributed by atoms with Crippen LogP contribution in [0.4, 0.5) is 0 Å². The Morgan fingerprint density at radius 3 is 2.55 bits per heavy atom. The number of rotatable bonds is 4. The molecule has 0 unspecified atom stereocenters. The Morgan fingerprint density at radius 2 is 1.79 bits per heavy atom. The van der Waals surface area contributed by atoms with E-state index in [2.05, 4.69) is 4.98 Å². The van der Waals surface area contributed by atoms with Gasteiger partial charge in [0.25, 0.3) is 11.7 Å². The van der Waals surface area contributed by atoms with Crippen molar-refractivity contribution in [2.75, 3.05) is 13.2 Å². The van der Waals surface area contributed by atoms with Crippen LogP contribution >= 0.6 is 11.6 Å². The lowest BCUT2D eigenvalue weighted by atomic mass is 9.95. The molecule has 2 aliphatic heterocycles. The number of aromatic nitrogens is 1. The molecule has 1 saturated heterocycles. The highest BCUT2D eigenvalue weighted by molar-refractivity contribution is 6.46. The molecule has 0 aliphatic carbocycles. The summed E-state index contributed by atoms with van der Waals surface area (Å²) in [5, 5.41) is 11.7. The van der Waals surface area contributed by atoms with Gasteiger partial charge in [0.15, 0.2) is 11.5 Å². The zero-order valence-corrected chi connectivity index (χ0v) is 18.2. The lowest BCUT2D eigenvalue weighted by molar-refractivity contribution is -0.140. The fraction of sp³-hybridized carbons (Fsp3) is 0.160. The van der Waals surface area contributed by atoms with E-state index in [0.717, 1.165) is 5.56 Å². The number of aliphatic hydroxyl groups is 1. The summed E-state index contributed by atoms with van der Waals surface area (Å²) in [4.78, 5) is 31.7. The molecular weight excluding hydrogens is 444 g/mol. The number of amides is 1. The van der Waals surface area contributed by atoms with E-state index in [1.165, 1.54) is 4.90 Å². The first-order chi connectivity index (χ1) is 16.0. The Morgan fingerprint density at radius 1 is 1.03 bits per heavy atom. The Balaban J connectivity index is 1.64. The number of fused-ring (bicyclic) bond motifs is 1. The van der Waals surface area contributed by atoms with Crippen LogP contribution in [0.5, 0.6) is 11.5 Å². The molecule has 1 N–H and O–H groups in total. The number of carbonyl (C=O) groups is 2. The lowest BCUT2D eigenvalue weighted by Crippen LogP contribution is -2.29. The van der Waals surface area contributed by atoms with Gasteiger partial charge in [-0.25, -0.2) is 0 Å². The van der Waals surface area contributed by atoms with Gasteiger partial charge in [-0.3, -0.25) is 14.6 Å². The molecule has 5 rings (SSSR count). The molecule has 3 aromatic rings. The van der Waals surface area contributed by atoms with Gasteiger partial charge in [-0.2, -0.15) is 0 Å². The van der Waals surface area contributed by atoms with Crippen molar-refractivity contribution in [1.82, 2.24) is 9.88 Å². The first-order valence-corrected chi connectivity index (χ1v) is 10.7. The number of likely N-dealkylation sites (tertiary alicyclic amines) is 1. The normalized spacial score (nSPS) is 19.1. The van der Waals surface area contributed by atoms with Gasteiger partial charge in [0.2, 0.25) is 0 Å². The molecule has 0 bridgehead atoms. The third kappa shape index (κ3) is 3.91. The van der Waals surface area contributed by atoms with Gasteiger partial charge < -0.3 is 19.5 Å². The summed E-state index contributed by atoms with van der Waals surface area (Å²) in [7, 11) is 0. The number of aliphatic hydroxyl groups excluding tert-OH is 1. The molecule has 0 saturated carbocycles. The second-order valence-electron chi connectivity index (χ2n) is 7.70. The average Bonchev–Trinajstić information content (AvgIpc) is 3.09. The molecule has 1 fully saturated rings. The fourth-order valence-electron chi connectivity index (χ4n) is 4.10. The Bertz CT molecular complexity index is 1270. The number of hydrogen-bond donors (Lipinski definition) is 1. The minimum Gasteiger partial charge on any atom is -0.507 e. The molecule has 33 heavy (non-hydrogen) atoms. The number of halogens is 1. The highest BCUT2D eigenvalue weighted by atomic mass is 35.5. The van der Waals surface area contributed by atoms with E-state index in [1.807, 2.05) is 0 Å². The SMILES string of the molecule is O=C1C(=O)N(Cc2ccncc2)[C@@H](c2cccc(Cl)c2)C1=C(O)c1ccc2c(c1)OCCO2. The van der Waals surface area contributed by atoms with Gasteiger partial charge in [0, 0.05) is 29.5 Å². The Kier molecular flexibility index (Phi) is 5.48. The predicted octanol–water partition coefficient (Wildman–Crippen LogP) is 4.13. The Hall–Kier alpha value is -3.84. The maximum atomic E-state index is 13.2. The van der Waals surface area contributed by atoms with Crippen molar-refractivity contribution in [2.24, 2.45) is 0 Å². The van der Waals surface area contributed by atoms with E-state index < -0.39 is 17.7 Å². The van der Waals surface area contributed by atoms with Crippen molar-refractivity contribution >= 4 is 29.1 Å². The summed E-state index contributed by atoms with van der Waals surface area (Å²) in [6.07, 6.45) is 3.24. The number of carbonyl (C=O) groups excluding carboxylic acids is 2. The third-order valence-corrected chi connectivity index (χ3v) is 5.86. The molecule has 7 nitrogen and oxygen atoms in total. The van der Waals surface area contributed by atoms with Gasteiger partial charge in [-0.05, 0) is 53.6 Å². The molecule has 2 aromatic carbocycles. The minimum absolute atomic E-state index is 0.00648. The van der Waals surface area contributed by atoms with Gasteiger partial charge in [0.1, 0.15) is 19.0 Å². The number of ketones is 1. The summed E-state index contributed by atoms with van der Waals surface area (Å²) in [5.41, 5.74) is 1.77. The summed E-state index contributed by atoms with van der Waals surface area (Å²) in [6, 6.07) is 14.6. The molecule has 8 heteroatoms. The molecule has 1 atom stereocenters. The maximum absolute atomic E-state index is 13.2. The van der Waals surface area contributed by atoms with Crippen LogP contribution in [0.15, 0.2) is 72.6 Å². The molecule has 0 radical (unpaired) electrons. The maximum Gasteiger partial charge on any atom is 0.295 e. The van der Waals surface area contributed by atoms with Crippen LogP contribution in [-0.4, -0.2) is 39.9 Å². The van der Waals surface area contributed by atoms with Gasteiger partial charge in [-0.15, -0.1) is 0 Å². The van der Waals surface area contributed by atoms with E-state index in [9.17, 15) is 14.7 Å².